The molecular formula is C5H13NO4S. The summed E-state index contributed by atoms with van der Waals surface area (Å²) in [5.41, 5.74) is 0. The van der Waals surface area contributed by atoms with E-state index in [1.165, 1.54) is 0 Å². The van der Waals surface area contributed by atoms with Crippen LogP contribution in [0.15, 0.2) is 0 Å². The molecule has 0 fully saturated rings. The molecule has 0 saturated heterocycles. The summed E-state index contributed by atoms with van der Waals surface area (Å²) in [6.07, 6.45) is 2.30. The maximum Gasteiger partial charge on any atom is 0.358 e. The average molecular weight is 183 g/mol. The van der Waals surface area contributed by atoms with E-state index in [2.05, 4.69) is 0 Å². The highest BCUT2D eigenvalue weighted by Gasteiger charge is 2.13. The number of nitrogens with zero attached hydrogens (tertiary/aromatic N) is 1. The Hall–Kier alpha value is -0.170. The minimum atomic E-state index is -4.39. The van der Waals surface area contributed by atoms with Gasteiger partial charge < -0.3 is 0 Å². The first-order chi connectivity index (χ1) is 4.98. The van der Waals surface area contributed by atoms with Crippen molar-refractivity contribution in [1.29, 1.82) is 0 Å². The molecule has 68 valence electrons. The van der Waals surface area contributed by atoms with Crippen LogP contribution in [0.25, 0.3) is 0 Å². The molecular weight excluding hydrogens is 170 g/mol. The monoisotopic (exact) mass is 183 g/mol. The Morgan fingerprint density at radius 3 is 2.27 bits per heavy atom. The van der Waals surface area contributed by atoms with Crippen LogP contribution >= 0.6 is 0 Å². The summed E-state index contributed by atoms with van der Waals surface area (Å²) in [6, 6.07) is 0. The van der Waals surface area contributed by atoms with Crippen molar-refractivity contribution in [3.8, 4) is 0 Å². The summed E-state index contributed by atoms with van der Waals surface area (Å²) < 4.78 is 28.5. The highest BCUT2D eigenvalue weighted by molar-refractivity contribution is 7.83. The van der Waals surface area contributed by atoms with Gasteiger partial charge in [-0.15, -0.1) is 0 Å². The maximum atomic E-state index is 10.2. The zero-order valence-corrected chi connectivity index (χ0v) is 7.21. The third-order valence-electron chi connectivity index (χ3n) is 1.22. The largest absolute Gasteiger partial charge is 0.358 e. The van der Waals surface area contributed by atoms with Crippen LogP contribution < -0.4 is 0 Å². The normalized spacial score (nSPS) is 12.4. The molecule has 0 amide bonds. The predicted molar refractivity (Wildman–Crippen MR) is 39.6 cm³/mol. The van der Waals surface area contributed by atoms with E-state index in [9.17, 15) is 8.42 Å². The lowest BCUT2D eigenvalue weighted by Crippen LogP contribution is -2.27. The Balaban J connectivity index is 3.62. The van der Waals surface area contributed by atoms with Crippen molar-refractivity contribution >= 4 is 10.3 Å². The fourth-order valence-corrected chi connectivity index (χ4v) is 0.972. The SMILES string of the molecule is CCCCCN(O)S(=O)(=O)O. The Kier molecular flexibility index (Phi) is 4.58. The van der Waals surface area contributed by atoms with Crippen molar-refractivity contribution in [3.63, 3.8) is 0 Å². The van der Waals surface area contributed by atoms with E-state index in [0.29, 0.717) is 6.42 Å². The number of unbranched alkanes of at least 4 members (excludes halogenated alkanes) is 2. The van der Waals surface area contributed by atoms with E-state index in [1.807, 2.05) is 6.92 Å². The summed E-state index contributed by atoms with van der Waals surface area (Å²) in [7, 11) is -4.39. The minimum Gasteiger partial charge on any atom is -0.298 e. The van der Waals surface area contributed by atoms with Crippen LogP contribution in [0.1, 0.15) is 26.2 Å². The molecule has 0 radical (unpaired) electrons. The number of hydroxylamine groups is 1. The van der Waals surface area contributed by atoms with Gasteiger partial charge in [-0.2, -0.15) is 8.42 Å². The first-order valence-electron chi connectivity index (χ1n) is 3.42. The molecule has 0 aromatic rings. The third-order valence-corrected chi connectivity index (χ3v) is 1.93. The van der Waals surface area contributed by atoms with Crippen molar-refractivity contribution in [2.24, 2.45) is 0 Å². The molecule has 11 heavy (non-hydrogen) atoms. The lowest BCUT2D eigenvalue weighted by Gasteiger charge is -2.08. The molecule has 0 aliphatic carbocycles. The summed E-state index contributed by atoms with van der Waals surface area (Å²) in [5.74, 6) is 0. The molecule has 0 unspecified atom stereocenters. The summed E-state index contributed by atoms with van der Waals surface area (Å²) >= 11 is 0. The van der Waals surface area contributed by atoms with Gasteiger partial charge in [-0.25, -0.2) is 0 Å². The van der Waals surface area contributed by atoms with Gasteiger partial charge in [-0.3, -0.25) is 9.76 Å². The van der Waals surface area contributed by atoms with E-state index in [4.69, 9.17) is 9.76 Å². The van der Waals surface area contributed by atoms with Crippen LogP contribution in [0.5, 0.6) is 0 Å². The zero-order valence-electron chi connectivity index (χ0n) is 6.39. The fourth-order valence-electron chi connectivity index (χ4n) is 0.612. The minimum absolute atomic E-state index is 0.0489. The zero-order chi connectivity index (χ0) is 8.91. The standard InChI is InChI=1S/C5H13NO4S/c1-2-3-4-5-6(7)11(8,9)10/h7H,2-5H2,1H3,(H,8,9,10). The van der Waals surface area contributed by atoms with Crippen LogP contribution in [0.4, 0.5) is 0 Å². The van der Waals surface area contributed by atoms with E-state index < -0.39 is 10.3 Å². The molecule has 0 bridgehead atoms. The van der Waals surface area contributed by atoms with Gasteiger partial charge >= 0.3 is 10.3 Å². The van der Waals surface area contributed by atoms with E-state index in [-0.39, 0.29) is 11.0 Å². The molecule has 0 aromatic heterocycles. The van der Waals surface area contributed by atoms with Crippen LogP contribution in [0.3, 0.4) is 0 Å². The fraction of sp³-hybridized carbons (Fsp3) is 1.00. The van der Waals surface area contributed by atoms with Gasteiger partial charge in [0.1, 0.15) is 0 Å². The molecule has 0 heterocycles. The molecule has 0 rings (SSSR count). The molecule has 2 N–H and O–H groups in total. The van der Waals surface area contributed by atoms with Gasteiger partial charge in [0.05, 0.1) is 0 Å². The Bertz CT molecular complexity index is 189. The van der Waals surface area contributed by atoms with Crippen molar-refractivity contribution in [2.75, 3.05) is 6.54 Å². The molecule has 6 heteroatoms. The molecule has 0 spiro atoms. The first kappa shape index (κ1) is 10.8. The highest BCUT2D eigenvalue weighted by Crippen LogP contribution is 1.98. The molecule has 0 aliphatic heterocycles. The van der Waals surface area contributed by atoms with Gasteiger partial charge in [0, 0.05) is 6.54 Å². The van der Waals surface area contributed by atoms with Crippen LogP contribution in [0, 0.1) is 0 Å². The van der Waals surface area contributed by atoms with Crippen molar-refractivity contribution in [1.82, 2.24) is 4.47 Å². The van der Waals surface area contributed by atoms with Crippen molar-refractivity contribution < 1.29 is 18.2 Å². The Labute approximate surface area is 66.5 Å². The van der Waals surface area contributed by atoms with Crippen molar-refractivity contribution in [3.05, 3.63) is 0 Å². The van der Waals surface area contributed by atoms with Gasteiger partial charge in [0.25, 0.3) is 0 Å². The second-order valence-electron chi connectivity index (χ2n) is 2.23. The second kappa shape index (κ2) is 4.66. The predicted octanol–water partition coefficient (Wildman–Crippen LogP) is 0.671. The first-order valence-corrected chi connectivity index (χ1v) is 4.82. The second-order valence-corrected chi connectivity index (χ2v) is 3.55. The molecule has 5 nitrogen and oxygen atoms in total. The summed E-state index contributed by atoms with van der Waals surface area (Å²) in [6.45, 7) is 1.90. The van der Waals surface area contributed by atoms with Crippen LogP contribution in [-0.4, -0.2) is 29.2 Å². The highest BCUT2D eigenvalue weighted by atomic mass is 32.2. The lowest BCUT2D eigenvalue weighted by atomic mass is 10.3. The van der Waals surface area contributed by atoms with E-state index in [1.54, 1.807) is 0 Å². The topological polar surface area (TPSA) is 77.8 Å². The Morgan fingerprint density at radius 2 is 1.91 bits per heavy atom. The maximum absolute atomic E-state index is 10.2. The number of rotatable bonds is 5. The molecule has 0 aliphatic rings. The van der Waals surface area contributed by atoms with E-state index in [0.717, 1.165) is 12.8 Å². The summed E-state index contributed by atoms with van der Waals surface area (Å²) in [4.78, 5) is 0. The van der Waals surface area contributed by atoms with Gasteiger partial charge in [-0.1, -0.05) is 24.2 Å². The lowest BCUT2D eigenvalue weighted by molar-refractivity contribution is -0.00778. The Morgan fingerprint density at radius 1 is 1.36 bits per heavy atom. The van der Waals surface area contributed by atoms with Crippen molar-refractivity contribution in [2.45, 2.75) is 26.2 Å². The molecule has 0 saturated carbocycles. The van der Waals surface area contributed by atoms with Crippen LogP contribution in [0.2, 0.25) is 0 Å². The van der Waals surface area contributed by atoms with E-state index >= 15 is 0 Å². The van der Waals surface area contributed by atoms with Gasteiger partial charge in [-0.05, 0) is 6.42 Å². The number of hydrogen-bond acceptors (Lipinski definition) is 3. The van der Waals surface area contributed by atoms with Crippen LogP contribution in [-0.2, 0) is 10.3 Å². The third kappa shape index (κ3) is 5.14. The summed E-state index contributed by atoms with van der Waals surface area (Å²) in [5, 5.41) is 8.61. The number of hydrogen-bond donors (Lipinski definition) is 2. The quantitative estimate of drug-likeness (QED) is 0.373. The molecule has 0 aromatic carbocycles. The smallest absolute Gasteiger partial charge is 0.298 e. The molecule has 0 atom stereocenters. The van der Waals surface area contributed by atoms with Gasteiger partial charge in [0.2, 0.25) is 0 Å². The van der Waals surface area contributed by atoms with Gasteiger partial charge in [0.15, 0.2) is 0 Å². The average Bonchev–Trinajstić information content (AvgIpc) is 1.86.